The highest BCUT2D eigenvalue weighted by atomic mass is 32.2. The Hall–Kier alpha value is -2.67. The van der Waals surface area contributed by atoms with Crippen LogP contribution in [0.3, 0.4) is 0 Å². The van der Waals surface area contributed by atoms with Crippen molar-refractivity contribution >= 4 is 27.6 Å². The molecule has 146 valence electrons. The molecule has 3 atom stereocenters. The van der Waals surface area contributed by atoms with Crippen LogP contribution in [0.15, 0.2) is 59.5 Å². The van der Waals surface area contributed by atoms with Crippen LogP contribution in [0.4, 0.5) is 5.69 Å². The van der Waals surface area contributed by atoms with Crippen molar-refractivity contribution < 1.29 is 22.2 Å². The smallest absolute Gasteiger partial charge is 0.339 e. The zero-order valence-corrected chi connectivity index (χ0v) is 16.3. The largest absolute Gasteiger partial charge is 0.379 e. The normalized spacial score (nSPS) is 24.9. The van der Waals surface area contributed by atoms with Gasteiger partial charge in [0.15, 0.2) is 0 Å². The molecule has 1 heterocycles. The zero-order valence-electron chi connectivity index (χ0n) is 15.4. The quantitative estimate of drug-likeness (QED) is 0.582. The van der Waals surface area contributed by atoms with Gasteiger partial charge in [0.05, 0.1) is 17.5 Å². The lowest BCUT2D eigenvalue weighted by Crippen LogP contribution is -2.30. The molecule has 0 unspecified atom stereocenters. The Bertz CT molecular complexity index is 1020. The van der Waals surface area contributed by atoms with E-state index >= 15 is 0 Å². The van der Waals surface area contributed by atoms with Gasteiger partial charge >= 0.3 is 10.1 Å². The third kappa shape index (κ3) is 3.30. The van der Waals surface area contributed by atoms with Crippen LogP contribution in [0.5, 0.6) is 5.75 Å². The predicted octanol–water partition coefficient (Wildman–Crippen LogP) is 3.38. The number of imide groups is 1. The van der Waals surface area contributed by atoms with Gasteiger partial charge in [-0.1, -0.05) is 31.2 Å². The van der Waals surface area contributed by atoms with Crippen LogP contribution in [-0.4, -0.2) is 20.2 Å². The second-order valence-electron chi connectivity index (χ2n) is 7.49. The molecule has 2 aliphatic rings. The molecule has 4 rings (SSSR count). The van der Waals surface area contributed by atoms with Gasteiger partial charge in [0, 0.05) is 6.07 Å². The maximum absolute atomic E-state index is 12.9. The Morgan fingerprint density at radius 2 is 1.64 bits per heavy atom. The summed E-state index contributed by atoms with van der Waals surface area (Å²) in [5.74, 6) is -0.487. The Morgan fingerprint density at radius 3 is 2.39 bits per heavy atom. The molecular weight excluding hydrogens is 378 g/mol. The van der Waals surface area contributed by atoms with E-state index in [1.807, 2.05) is 0 Å². The molecule has 1 saturated carbocycles. The third-order valence-electron chi connectivity index (χ3n) is 5.50. The second-order valence-corrected chi connectivity index (χ2v) is 9.04. The number of carbonyl (C=O) groups is 2. The molecule has 0 N–H and O–H groups in total. The van der Waals surface area contributed by atoms with Gasteiger partial charge in [0.25, 0.3) is 0 Å². The molecule has 0 bridgehead atoms. The molecule has 0 radical (unpaired) electrons. The third-order valence-corrected chi connectivity index (χ3v) is 6.76. The molecule has 2 amide bonds. The van der Waals surface area contributed by atoms with Gasteiger partial charge in [-0.15, -0.1) is 0 Å². The molecule has 2 aromatic carbocycles. The minimum atomic E-state index is -4.00. The first kappa shape index (κ1) is 18.7. The summed E-state index contributed by atoms with van der Waals surface area (Å²) < 4.78 is 30.1. The van der Waals surface area contributed by atoms with Crippen LogP contribution in [0, 0.1) is 17.8 Å². The van der Waals surface area contributed by atoms with Crippen LogP contribution in [-0.2, 0) is 19.7 Å². The highest BCUT2D eigenvalue weighted by Gasteiger charge is 2.50. The second kappa shape index (κ2) is 7.05. The lowest BCUT2D eigenvalue weighted by Gasteiger charge is -2.25. The van der Waals surface area contributed by atoms with Gasteiger partial charge in [-0.05, 0) is 49.4 Å². The Labute approximate surface area is 164 Å². The molecule has 1 aliphatic carbocycles. The van der Waals surface area contributed by atoms with Gasteiger partial charge < -0.3 is 4.18 Å². The Kier molecular flexibility index (Phi) is 4.71. The maximum atomic E-state index is 12.9. The van der Waals surface area contributed by atoms with E-state index in [1.54, 1.807) is 30.3 Å². The number of hydrogen-bond donors (Lipinski definition) is 0. The fourth-order valence-corrected chi connectivity index (χ4v) is 5.02. The molecule has 7 heteroatoms. The van der Waals surface area contributed by atoms with Gasteiger partial charge in [-0.2, -0.15) is 8.42 Å². The van der Waals surface area contributed by atoms with Crippen molar-refractivity contribution in [1.29, 1.82) is 0 Å². The molecule has 28 heavy (non-hydrogen) atoms. The fourth-order valence-electron chi connectivity index (χ4n) is 4.08. The molecular formula is C21H21NO5S. The van der Waals surface area contributed by atoms with Crippen molar-refractivity contribution in [3.8, 4) is 5.75 Å². The summed E-state index contributed by atoms with van der Waals surface area (Å²) in [6.07, 6.45) is 2.36. The van der Waals surface area contributed by atoms with Crippen LogP contribution >= 0.6 is 0 Å². The van der Waals surface area contributed by atoms with Gasteiger partial charge in [0.2, 0.25) is 11.8 Å². The van der Waals surface area contributed by atoms with Crippen LogP contribution in [0.2, 0.25) is 0 Å². The van der Waals surface area contributed by atoms with E-state index in [4.69, 9.17) is 4.18 Å². The molecule has 1 saturated heterocycles. The van der Waals surface area contributed by atoms with Crippen molar-refractivity contribution in [3.63, 3.8) is 0 Å². The summed E-state index contributed by atoms with van der Waals surface area (Å²) in [7, 11) is -4.00. The number of anilines is 1. The van der Waals surface area contributed by atoms with Crippen molar-refractivity contribution in [2.45, 2.75) is 31.1 Å². The van der Waals surface area contributed by atoms with Crippen LogP contribution < -0.4 is 9.08 Å². The number of hydrogen-bond acceptors (Lipinski definition) is 5. The first-order chi connectivity index (χ1) is 13.4. The predicted molar refractivity (Wildman–Crippen MR) is 103 cm³/mol. The number of carbonyl (C=O) groups excluding carboxylic acids is 2. The van der Waals surface area contributed by atoms with E-state index in [2.05, 4.69) is 6.92 Å². The average molecular weight is 399 g/mol. The van der Waals surface area contributed by atoms with Gasteiger partial charge in [-0.3, -0.25) is 9.59 Å². The number of amides is 2. The van der Waals surface area contributed by atoms with Crippen molar-refractivity contribution in [3.05, 3.63) is 54.6 Å². The molecule has 1 aliphatic heterocycles. The maximum Gasteiger partial charge on any atom is 0.339 e. The lowest BCUT2D eigenvalue weighted by atomic mass is 9.76. The van der Waals surface area contributed by atoms with Gasteiger partial charge in [0.1, 0.15) is 10.6 Å². The first-order valence-electron chi connectivity index (χ1n) is 9.34. The highest BCUT2D eigenvalue weighted by Crippen LogP contribution is 2.42. The highest BCUT2D eigenvalue weighted by molar-refractivity contribution is 7.87. The summed E-state index contributed by atoms with van der Waals surface area (Å²) in [5, 5.41) is 0. The van der Waals surface area contributed by atoms with E-state index in [0.717, 1.165) is 6.42 Å². The molecule has 0 aromatic heterocycles. The number of fused-ring (bicyclic) bond motifs is 1. The van der Waals surface area contributed by atoms with E-state index in [0.29, 0.717) is 24.4 Å². The van der Waals surface area contributed by atoms with Crippen LogP contribution in [0.25, 0.3) is 0 Å². The van der Waals surface area contributed by atoms with Crippen molar-refractivity contribution in [2.24, 2.45) is 17.8 Å². The van der Waals surface area contributed by atoms with Crippen LogP contribution in [0.1, 0.15) is 26.2 Å². The molecule has 2 fully saturated rings. The minimum Gasteiger partial charge on any atom is -0.379 e. The fraction of sp³-hybridized carbons (Fsp3) is 0.333. The van der Waals surface area contributed by atoms with E-state index in [9.17, 15) is 18.0 Å². The lowest BCUT2D eigenvalue weighted by molar-refractivity contribution is -0.122. The monoisotopic (exact) mass is 399 g/mol. The molecule has 0 spiro atoms. The summed E-state index contributed by atoms with van der Waals surface area (Å²) in [6.45, 7) is 2.10. The first-order valence-corrected chi connectivity index (χ1v) is 10.7. The average Bonchev–Trinajstić information content (AvgIpc) is 2.92. The Morgan fingerprint density at radius 1 is 0.929 bits per heavy atom. The van der Waals surface area contributed by atoms with Crippen molar-refractivity contribution in [2.75, 3.05) is 4.90 Å². The summed E-state index contributed by atoms with van der Waals surface area (Å²) in [6, 6.07) is 13.9. The van der Waals surface area contributed by atoms with E-state index in [-0.39, 0.29) is 34.3 Å². The summed E-state index contributed by atoms with van der Waals surface area (Å²) in [5.41, 5.74) is 0.345. The van der Waals surface area contributed by atoms with Gasteiger partial charge in [-0.25, -0.2) is 4.90 Å². The zero-order chi connectivity index (χ0) is 19.9. The standard InChI is InChI=1S/C21H21NO5S/c1-14-10-11-18-19(12-14)21(24)22(20(18)23)15-6-5-7-16(13-15)27-28(25,26)17-8-3-2-4-9-17/h2-9,13-14,18-19H,10-12H2,1H3/t14-,18-,19-/m1/s1. The minimum absolute atomic E-state index is 0.0359. The summed E-state index contributed by atoms with van der Waals surface area (Å²) in [4.78, 5) is 26.9. The number of rotatable bonds is 4. The number of benzene rings is 2. The molecule has 2 aromatic rings. The summed E-state index contributed by atoms with van der Waals surface area (Å²) >= 11 is 0. The van der Waals surface area contributed by atoms with E-state index in [1.165, 1.54) is 29.2 Å². The van der Waals surface area contributed by atoms with Crippen molar-refractivity contribution in [1.82, 2.24) is 0 Å². The Balaban J connectivity index is 1.61. The van der Waals surface area contributed by atoms with E-state index < -0.39 is 10.1 Å². The SMILES string of the molecule is C[C@@H]1CC[C@H]2C(=O)N(c3cccc(OS(=O)(=O)c4ccccc4)c3)C(=O)[C@@H]2C1. The topological polar surface area (TPSA) is 80.8 Å². The molecule has 6 nitrogen and oxygen atoms in total. The number of nitrogens with zero attached hydrogens (tertiary/aromatic N) is 1.